The van der Waals surface area contributed by atoms with Crippen molar-refractivity contribution in [1.29, 1.82) is 0 Å². The molecule has 3 amide bonds. The topological polar surface area (TPSA) is 143 Å². The lowest BCUT2D eigenvalue weighted by Crippen LogP contribution is -2.31. The first-order valence-corrected chi connectivity index (χ1v) is 11.0. The van der Waals surface area contributed by atoms with Crippen molar-refractivity contribution in [3.63, 3.8) is 0 Å². The molecule has 1 aliphatic heterocycles. The fourth-order valence-corrected chi connectivity index (χ4v) is 4.34. The number of hydrogen-bond donors (Lipinski definition) is 1. The summed E-state index contributed by atoms with van der Waals surface area (Å²) >= 11 is 0. The Balaban J connectivity index is 1.67. The van der Waals surface area contributed by atoms with Crippen LogP contribution in [0.3, 0.4) is 0 Å². The monoisotopic (exact) mass is 459 g/mol. The molecule has 2 aromatic rings. The summed E-state index contributed by atoms with van der Waals surface area (Å²) in [6, 6.07) is 5.10. The van der Waals surface area contributed by atoms with Gasteiger partial charge in [-0.25, -0.2) is 8.42 Å². The molecule has 1 N–H and O–H groups in total. The molecule has 0 atom stereocenters. The normalized spacial score (nSPS) is 14.1. The van der Waals surface area contributed by atoms with Crippen molar-refractivity contribution in [2.45, 2.75) is 24.3 Å². The summed E-state index contributed by atoms with van der Waals surface area (Å²) in [5, 5.41) is 9.79. The third-order valence-corrected chi connectivity index (χ3v) is 6.40. The first kappa shape index (κ1) is 23.0. The van der Waals surface area contributed by atoms with Crippen LogP contribution in [0, 0.1) is 0 Å². The van der Waals surface area contributed by atoms with Crippen LogP contribution in [0.1, 0.15) is 29.1 Å². The Bertz CT molecular complexity index is 1130. The van der Waals surface area contributed by atoms with E-state index in [1.165, 1.54) is 40.7 Å². The summed E-state index contributed by atoms with van der Waals surface area (Å²) in [6.07, 6.45) is 3.22. The van der Waals surface area contributed by atoms with Gasteiger partial charge in [0, 0.05) is 31.5 Å². The van der Waals surface area contributed by atoms with Gasteiger partial charge in [0.25, 0.3) is 5.91 Å². The molecule has 12 heteroatoms. The Hall–Kier alpha value is -3.64. The third-order valence-electron chi connectivity index (χ3n) is 4.56. The van der Waals surface area contributed by atoms with Gasteiger partial charge in [0.2, 0.25) is 27.7 Å². The SMILES string of the molecule is C=CCN(CC=C)S(=O)(=O)c1ccc(C(=O)Nc2nnc(CN3C(=O)CCC3=O)o2)cc1. The van der Waals surface area contributed by atoms with E-state index in [0.29, 0.717) is 0 Å². The van der Waals surface area contributed by atoms with E-state index >= 15 is 0 Å². The van der Waals surface area contributed by atoms with E-state index in [9.17, 15) is 22.8 Å². The van der Waals surface area contributed by atoms with Crippen molar-refractivity contribution < 1.29 is 27.2 Å². The number of carbonyl (C=O) groups excluding carboxylic acids is 3. The van der Waals surface area contributed by atoms with Crippen LogP contribution in [0.4, 0.5) is 6.01 Å². The van der Waals surface area contributed by atoms with Gasteiger partial charge in [-0.15, -0.1) is 18.3 Å². The van der Waals surface area contributed by atoms with Crippen molar-refractivity contribution in [1.82, 2.24) is 19.4 Å². The minimum atomic E-state index is -3.79. The van der Waals surface area contributed by atoms with Crippen molar-refractivity contribution in [2.75, 3.05) is 18.4 Å². The van der Waals surface area contributed by atoms with Crippen LogP contribution in [-0.4, -0.2) is 58.6 Å². The Morgan fingerprint density at radius 1 is 1.09 bits per heavy atom. The quantitative estimate of drug-likeness (QED) is 0.414. The van der Waals surface area contributed by atoms with Gasteiger partial charge >= 0.3 is 6.01 Å². The molecule has 0 bridgehead atoms. The van der Waals surface area contributed by atoms with Gasteiger partial charge in [0.15, 0.2) is 0 Å². The molecule has 11 nitrogen and oxygen atoms in total. The summed E-state index contributed by atoms with van der Waals surface area (Å²) in [6.45, 7) is 7.17. The van der Waals surface area contributed by atoms with Gasteiger partial charge < -0.3 is 4.42 Å². The van der Waals surface area contributed by atoms with E-state index in [0.717, 1.165) is 4.90 Å². The van der Waals surface area contributed by atoms with Crippen molar-refractivity contribution in [3.05, 3.63) is 61.0 Å². The van der Waals surface area contributed by atoms with Gasteiger partial charge in [0.1, 0.15) is 6.54 Å². The molecule has 0 aliphatic carbocycles. The summed E-state index contributed by atoms with van der Waals surface area (Å²) in [5.74, 6) is -1.26. The van der Waals surface area contributed by atoms with Crippen LogP contribution in [0.2, 0.25) is 0 Å². The molecule has 0 spiro atoms. The molecule has 1 aliphatic rings. The minimum Gasteiger partial charge on any atom is -0.406 e. The molecule has 1 fully saturated rings. The third kappa shape index (κ3) is 4.98. The molecule has 0 radical (unpaired) electrons. The number of aromatic nitrogens is 2. The number of hydrogen-bond acceptors (Lipinski definition) is 8. The number of imide groups is 1. The molecule has 3 rings (SSSR count). The van der Waals surface area contributed by atoms with Gasteiger partial charge in [-0.3, -0.25) is 24.6 Å². The van der Waals surface area contributed by atoms with E-state index in [2.05, 4.69) is 28.7 Å². The van der Waals surface area contributed by atoms with Gasteiger partial charge in [-0.2, -0.15) is 4.31 Å². The lowest BCUT2D eigenvalue weighted by atomic mass is 10.2. The Morgan fingerprint density at radius 3 is 2.25 bits per heavy atom. The number of sulfonamides is 1. The van der Waals surface area contributed by atoms with Crippen molar-refractivity contribution >= 4 is 33.8 Å². The van der Waals surface area contributed by atoms with E-state index < -0.39 is 15.9 Å². The zero-order valence-electron chi connectivity index (χ0n) is 17.1. The van der Waals surface area contributed by atoms with Crippen LogP contribution in [0.15, 0.2) is 58.9 Å². The fraction of sp³-hybridized carbons (Fsp3) is 0.250. The molecule has 2 heterocycles. The zero-order chi connectivity index (χ0) is 23.3. The second-order valence-corrected chi connectivity index (χ2v) is 8.69. The standard InChI is InChI=1S/C20H21N5O6S/c1-3-11-24(12-4-2)32(29,30)15-7-5-14(6-8-15)19(28)21-20-23-22-16(31-20)13-25-17(26)9-10-18(25)27/h3-8H,1-2,9-13H2,(H,21,23,28). The molecule has 0 unspecified atom stereocenters. The van der Waals surface area contributed by atoms with Crippen LogP contribution >= 0.6 is 0 Å². The maximum Gasteiger partial charge on any atom is 0.322 e. The first-order chi connectivity index (χ1) is 15.3. The molecule has 1 aromatic carbocycles. The molecule has 168 valence electrons. The van der Waals surface area contributed by atoms with Crippen molar-refractivity contribution in [2.24, 2.45) is 0 Å². The van der Waals surface area contributed by atoms with Gasteiger partial charge in [-0.05, 0) is 24.3 Å². The van der Waals surface area contributed by atoms with E-state index in [4.69, 9.17) is 4.42 Å². The molecule has 1 aromatic heterocycles. The fourth-order valence-electron chi connectivity index (χ4n) is 2.96. The predicted molar refractivity (Wildman–Crippen MR) is 113 cm³/mol. The summed E-state index contributed by atoms with van der Waals surface area (Å²) in [5.41, 5.74) is 0.160. The number of nitrogens with one attached hydrogen (secondary N) is 1. The summed E-state index contributed by atoms with van der Waals surface area (Å²) in [4.78, 5) is 36.8. The summed E-state index contributed by atoms with van der Waals surface area (Å²) in [7, 11) is -3.79. The highest BCUT2D eigenvalue weighted by Gasteiger charge is 2.30. The maximum absolute atomic E-state index is 12.7. The number of nitrogens with zero attached hydrogens (tertiary/aromatic N) is 4. The van der Waals surface area contributed by atoms with Gasteiger partial charge in [-0.1, -0.05) is 17.3 Å². The van der Waals surface area contributed by atoms with Crippen LogP contribution in [0.5, 0.6) is 0 Å². The number of rotatable bonds is 10. The number of likely N-dealkylation sites (tertiary alicyclic amines) is 1. The predicted octanol–water partition coefficient (Wildman–Crippen LogP) is 1.33. The molecular weight excluding hydrogens is 438 g/mol. The van der Waals surface area contributed by atoms with Gasteiger partial charge in [0.05, 0.1) is 4.90 Å². The van der Waals surface area contributed by atoms with E-state index in [1.54, 1.807) is 0 Å². The first-order valence-electron chi connectivity index (χ1n) is 9.55. The number of benzene rings is 1. The average molecular weight is 459 g/mol. The minimum absolute atomic E-state index is 0.00475. The zero-order valence-corrected chi connectivity index (χ0v) is 17.9. The Kier molecular flexibility index (Phi) is 6.95. The second-order valence-electron chi connectivity index (χ2n) is 6.75. The highest BCUT2D eigenvalue weighted by Crippen LogP contribution is 2.19. The number of anilines is 1. The highest BCUT2D eigenvalue weighted by atomic mass is 32.2. The largest absolute Gasteiger partial charge is 0.406 e. The molecule has 0 saturated carbocycles. The smallest absolute Gasteiger partial charge is 0.322 e. The van der Waals surface area contributed by atoms with Crippen molar-refractivity contribution in [3.8, 4) is 0 Å². The molecule has 32 heavy (non-hydrogen) atoms. The number of amides is 3. The average Bonchev–Trinajstić information content (AvgIpc) is 3.35. The lowest BCUT2D eigenvalue weighted by Gasteiger charge is -2.19. The van der Waals surface area contributed by atoms with E-state index in [-0.39, 0.29) is 66.7 Å². The second kappa shape index (κ2) is 9.66. The van der Waals surface area contributed by atoms with Crippen LogP contribution < -0.4 is 5.32 Å². The molecule has 1 saturated heterocycles. The maximum atomic E-state index is 12.7. The lowest BCUT2D eigenvalue weighted by molar-refractivity contribution is -0.139. The van der Waals surface area contributed by atoms with E-state index in [1.807, 2.05) is 0 Å². The Labute approximate surface area is 184 Å². The molecular formula is C20H21N5O6S. The van der Waals surface area contributed by atoms with Crippen LogP contribution in [0.25, 0.3) is 0 Å². The summed E-state index contributed by atoms with van der Waals surface area (Å²) < 4.78 is 31.9. The number of carbonyl (C=O) groups is 3. The highest BCUT2D eigenvalue weighted by molar-refractivity contribution is 7.89. The van der Waals surface area contributed by atoms with Crippen LogP contribution in [-0.2, 0) is 26.2 Å². The Morgan fingerprint density at radius 2 is 1.69 bits per heavy atom.